The molecule has 0 spiro atoms. The van der Waals surface area contributed by atoms with Crippen molar-refractivity contribution in [3.05, 3.63) is 17.0 Å². The molecule has 1 aliphatic rings. The van der Waals surface area contributed by atoms with Gasteiger partial charge in [-0.05, 0) is 37.3 Å². The molecule has 1 aliphatic carbocycles. The number of nitrogens with zero attached hydrogens (tertiary/aromatic N) is 2. The second kappa shape index (κ2) is 4.33. The van der Waals surface area contributed by atoms with Crippen molar-refractivity contribution in [3.8, 4) is 0 Å². The summed E-state index contributed by atoms with van der Waals surface area (Å²) in [6.07, 6.45) is 1.66. The summed E-state index contributed by atoms with van der Waals surface area (Å²) >= 11 is 5.73. The molecule has 0 saturated heterocycles. The zero-order chi connectivity index (χ0) is 10.8. The van der Waals surface area contributed by atoms with Crippen LogP contribution in [0.3, 0.4) is 0 Å². The third kappa shape index (κ3) is 2.79. The average Bonchev–Trinajstić information content (AvgIpc) is 2.09. The number of hydrogen-bond donors (Lipinski definition) is 2. The fourth-order valence-electron chi connectivity index (χ4n) is 1.74. The lowest BCUT2D eigenvalue weighted by Crippen LogP contribution is -2.33. The van der Waals surface area contributed by atoms with Crippen molar-refractivity contribution in [2.75, 3.05) is 11.9 Å². The first-order valence-electron chi connectivity index (χ1n) is 5.06. The second-order valence-corrected chi connectivity index (χ2v) is 4.37. The predicted octanol–water partition coefficient (Wildman–Crippen LogP) is 1.62. The van der Waals surface area contributed by atoms with E-state index in [0.29, 0.717) is 5.92 Å². The molecule has 0 amide bonds. The van der Waals surface area contributed by atoms with Gasteiger partial charge in [-0.2, -0.15) is 0 Å². The van der Waals surface area contributed by atoms with Crippen LogP contribution in [0.5, 0.6) is 0 Å². The summed E-state index contributed by atoms with van der Waals surface area (Å²) in [7, 11) is 0. The number of halogens is 1. The van der Waals surface area contributed by atoms with Crippen LogP contribution >= 0.6 is 11.6 Å². The predicted molar refractivity (Wildman–Crippen MR) is 59.0 cm³/mol. The van der Waals surface area contributed by atoms with Gasteiger partial charge in [0.25, 0.3) is 0 Å². The minimum atomic E-state index is -0.104. The van der Waals surface area contributed by atoms with Gasteiger partial charge in [-0.25, -0.2) is 9.97 Å². The molecule has 0 radical (unpaired) electrons. The Balaban J connectivity index is 1.88. The number of nitrogens with one attached hydrogen (secondary N) is 1. The van der Waals surface area contributed by atoms with Crippen LogP contribution in [-0.2, 0) is 0 Å². The Bertz CT molecular complexity index is 332. The van der Waals surface area contributed by atoms with E-state index in [1.54, 1.807) is 0 Å². The highest BCUT2D eigenvalue weighted by Gasteiger charge is 2.26. The molecule has 0 aromatic carbocycles. The zero-order valence-corrected chi connectivity index (χ0v) is 9.33. The van der Waals surface area contributed by atoms with Crippen molar-refractivity contribution < 1.29 is 5.11 Å². The van der Waals surface area contributed by atoms with Gasteiger partial charge in [0.15, 0.2) is 0 Å². The first-order valence-corrected chi connectivity index (χ1v) is 5.44. The molecule has 0 atom stereocenters. The lowest BCUT2D eigenvalue weighted by Gasteiger charge is -2.31. The van der Waals surface area contributed by atoms with Gasteiger partial charge in [0.1, 0.15) is 5.82 Å². The van der Waals surface area contributed by atoms with E-state index in [4.69, 9.17) is 16.7 Å². The number of aliphatic hydroxyl groups excluding tert-OH is 1. The minimum Gasteiger partial charge on any atom is -0.393 e. The molecule has 2 rings (SSSR count). The molecule has 1 aromatic rings. The van der Waals surface area contributed by atoms with Gasteiger partial charge in [-0.3, -0.25) is 0 Å². The van der Waals surface area contributed by atoms with Gasteiger partial charge < -0.3 is 10.4 Å². The molecular weight excluding hydrogens is 214 g/mol. The standard InChI is InChI=1S/C10H14ClN3O/c1-6-2-9(14-10(11)13-6)12-5-7-3-8(15)4-7/h2,7-8,15H,3-5H2,1H3,(H,12,13,14). The number of rotatable bonds is 3. The van der Waals surface area contributed by atoms with Gasteiger partial charge in [0.2, 0.25) is 5.28 Å². The van der Waals surface area contributed by atoms with Gasteiger partial charge in [0, 0.05) is 18.3 Å². The van der Waals surface area contributed by atoms with Crippen molar-refractivity contribution in [3.63, 3.8) is 0 Å². The molecule has 1 aromatic heterocycles. The maximum atomic E-state index is 9.13. The topological polar surface area (TPSA) is 58.0 Å². The van der Waals surface area contributed by atoms with E-state index >= 15 is 0 Å². The zero-order valence-electron chi connectivity index (χ0n) is 8.57. The fourth-order valence-corrected chi connectivity index (χ4v) is 1.96. The van der Waals surface area contributed by atoms with Crippen molar-refractivity contribution >= 4 is 17.4 Å². The molecular formula is C10H14ClN3O. The first kappa shape index (κ1) is 10.6. The Morgan fingerprint density at radius 3 is 2.87 bits per heavy atom. The molecule has 0 bridgehead atoms. The summed E-state index contributed by atoms with van der Waals surface area (Å²) in [6.45, 7) is 2.72. The summed E-state index contributed by atoms with van der Waals surface area (Å²) in [5.74, 6) is 1.31. The lowest BCUT2D eigenvalue weighted by molar-refractivity contribution is 0.0486. The van der Waals surface area contributed by atoms with E-state index in [0.717, 1.165) is 30.9 Å². The molecule has 4 nitrogen and oxygen atoms in total. The third-order valence-electron chi connectivity index (χ3n) is 2.61. The normalized spacial score (nSPS) is 24.7. The smallest absolute Gasteiger partial charge is 0.224 e. The number of hydrogen-bond acceptors (Lipinski definition) is 4. The number of aromatic nitrogens is 2. The molecule has 0 aliphatic heterocycles. The van der Waals surface area contributed by atoms with Crippen LogP contribution in [0, 0.1) is 12.8 Å². The van der Waals surface area contributed by atoms with Crippen LogP contribution in [-0.4, -0.2) is 27.7 Å². The van der Waals surface area contributed by atoms with Gasteiger partial charge in [-0.15, -0.1) is 0 Å². The van der Waals surface area contributed by atoms with E-state index in [1.165, 1.54) is 0 Å². The summed E-state index contributed by atoms with van der Waals surface area (Å²) in [5.41, 5.74) is 0.853. The number of aliphatic hydroxyl groups is 1. The second-order valence-electron chi connectivity index (χ2n) is 4.04. The highest BCUT2D eigenvalue weighted by atomic mass is 35.5. The maximum Gasteiger partial charge on any atom is 0.224 e. The van der Waals surface area contributed by atoms with E-state index in [1.807, 2.05) is 13.0 Å². The summed E-state index contributed by atoms with van der Waals surface area (Å²) in [4.78, 5) is 8.05. The molecule has 5 heteroatoms. The van der Waals surface area contributed by atoms with Crippen LogP contribution < -0.4 is 5.32 Å². The molecule has 1 fully saturated rings. The largest absolute Gasteiger partial charge is 0.393 e. The number of anilines is 1. The van der Waals surface area contributed by atoms with Crippen LogP contribution in [0.4, 0.5) is 5.82 Å². The highest BCUT2D eigenvalue weighted by molar-refractivity contribution is 6.28. The van der Waals surface area contributed by atoms with Gasteiger partial charge in [0.05, 0.1) is 6.10 Å². The Morgan fingerprint density at radius 2 is 2.27 bits per heavy atom. The lowest BCUT2D eigenvalue weighted by atomic mass is 9.82. The van der Waals surface area contributed by atoms with Crippen LogP contribution in [0.25, 0.3) is 0 Å². The van der Waals surface area contributed by atoms with E-state index in [9.17, 15) is 0 Å². The summed E-state index contributed by atoms with van der Waals surface area (Å²) in [6, 6.07) is 1.86. The molecule has 2 N–H and O–H groups in total. The first-order chi connectivity index (χ1) is 7.13. The Morgan fingerprint density at radius 1 is 1.53 bits per heavy atom. The van der Waals surface area contributed by atoms with E-state index in [-0.39, 0.29) is 11.4 Å². The molecule has 1 saturated carbocycles. The highest BCUT2D eigenvalue weighted by Crippen LogP contribution is 2.27. The quantitative estimate of drug-likeness (QED) is 0.771. The van der Waals surface area contributed by atoms with Crippen LogP contribution in [0.15, 0.2) is 6.07 Å². The Kier molecular flexibility index (Phi) is 3.07. The van der Waals surface area contributed by atoms with Crippen LogP contribution in [0.1, 0.15) is 18.5 Å². The SMILES string of the molecule is Cc1cc(NCC2CC(O)C2)nc(Cl)n1. The van der Waals surface area contributed by atoms with Gasteiger partial charge >= 0.3 is 0 Å². The summed E-state index contributed by atoms with van der Waals surface area (Å²) in [5, 5.41) is 12.6. The summed E-state index contributed by atoms with van der Waals surface area (Å²) < 4.78 is 0. The van der Waals surface area contributed by atoms with Crippen LogP contribution in [0.2, 0.25) is 5.28 Å². The van der Waals surface area contributed by atoms with Crippen molar-refractivity contribution in [2.24, 2.45) is 5.92 Å². The Hall–Kier alpha value is -0.870. The molecule has 0 unspecified atom stereocenters. The Labute approximate surface area is 93.7 Å². The van der Waals surface area contributed by atoms with Gasteiger partial charge in [-0.1, -0.05) is 0 Å². The van der Waals surface area contributed by atoms with E-state index in [2.05, 4.69) is 15.3 Å². The van der Waals surface area contributed by atoms with Crippen molar-refractivity contribution in [1.29, 1.82) is 0 Å². The average molecular weight is 228 g/mol. The third-order valence-corrected chi connectivity index (χ3v) is 2.78. The monoisotopic (exact) mass is 227 g/mol. The number of aryl methyl sites for hydroxylation is 1. The molecule has 1 heterocycles. The van der Waals surface area contributed by atoms with E-state index < -0.39 is 0 Å². The molecule has 15 heavy (non-hydrogen) atoms. The molecule has 82 valence electrons. The fraction of sp³-hybridized carbons (Fsp3) is 0.600. The maximum absolute atomic E-state index is 9.13. The van der Waals surface area contributed by atoms with Crippen molar-refractivity contribution in [1.82, 2.24) is 9.97 Å². The van der Waals surface area contributed by atoms with Crippen molar-refractivity contribution in [2.45, 2.75) is 25.9 Å². The minimum absolute atomic E-state index is 0.104.